The lowest BCUT2D eigenvalue weighted by Gasteiger charge is -2.15. The molecule has 0 radical (unpaired) electrons. The molecule has 0 aromatic heterocycles. The van der Waals surface area contributed by atoms with Gasteiger partial charge in [0.15, 0.2) is 4.87 Å². The van der Waals surface area contributed by atoms with Gasteiger partial charge in [-0.25, -0.2) is 0 Å². The van der Waals surface area contributed by atoms with Crippen LogP contribution in [0.15, 0.2) is 0 Å². The van der Waals surface area contributed by atoms with Crippen LogP contribution in [0.5, 0.6) is 0 Å². The quantitative estimate of drug-likeness (QED) is 0.416. The maximum absolute atomic E-state index is 11.2. The molecule has 0 saturated carbocycles. The van der Waals surface area contributed by atoms with Crippen LogP contribution >= 0.6 is 21.8 Å². The van der Waals surface area contributed by atoms with Gasteiger partial charge in [-0.05, 0) is 30.2 Å². The molecular formula is C5H8N2OS2. The molecular weight excluding hydrogens is 168 g/mol. The highest BCUT2D eigenvalue weighted by Gasteiger charge is 2.46. The Morgan fingerprint density at radius 1 is 1.60 bits per heavy atom. The maximum atomic E-state index is 11.2. The van der Waals surface area contributed by atoms with Gasteiger partial charge in [0, 0.05) is 11.0 Å². The van der Waals surface area contributed by atoms with Gasteiger partial charge in [0.05, 0.1) is 0 Å². The number of nitrogens with one attached hydrogen (secondary N) is 2. The van der Waals surface area contributed by atoms with E-state index in [1.54, 1.807) is 10.8 Å². The molecule has 1 amide bonds. The monoisotopic (exact) mass is 176 g/mol. The summed E-state index contributed by atoms with van der Waals surface area (Å²) < 4.78 is 2.73. The van der Waals surface area contributed by atoms with Crippen LogP contribution in [-0.4, -0.2) is 17.3 Å². The van der Waals surface area contributed by atoms with Gasteiger partial charge in [-0.3, -0.25) is 14.8 Å². The van der Waals surface area contributed by atoms with Gasteiger partial charge in [-0.1, -0.05) is 0 Å². The first-order valence-electron chi connectivity index (χ1n) is 3.24. The van der Waals surface area contributed by atoms with Crippen molar-refractivity contribution in [3.8, 4) is 0 Å². The highest BCUT2D eigenvalue weighted by molar-refractivity contribution is 8.77. The molecule has 2 aliphatic rings. The average Bonchev–Trinajstić information content (AvgIpc) is 2.48. The zero-order valence-corrected chi connectivity index (χ0v) is 6.98. The van der Waals surface area contributed by atoms with E-state index in [0.29, 0.717) is 0 Å². The van der Waals surface area contributed by atoms with E-state index in [1.807, 2.05) is 0 Å². The lowest BCUT2D eigenvalue weighted by atomic mass is 10.2. The van der Waals surface area contributed by atoms with Gasteiger partial charge < -0.3 is 0 Å². The molecule has 1 spiro atoms. The molecule has 2 rings (SSSR count). The predicted molar refractivity (Wildman–Crippen MR) is 43.3 cm³/mol. The van der Waals surface area contributed by atoms with Gasteiger partial charge in [-0.2, -0.15) is 0 Å². The highest BCUT2D eigenvalue weighted by atomic mass is 33.1. The number of amides is 1. The number of carbonyl (C=O) groups is 1. The lowest BCUT2D eigenvalue weighted by molar-refractivity contribution is -0.121. The molecule has 0 aliphatic carbocycles. The topological polar surface area (TPSA) is 41.1 Å². The number of rotatable bonds is 0. The molecule has 1 unspecified atom stereocenters. The number of hydrogen-bond donors (Lipinski definition) is 2. The van der Waals surface area contributed by atoms with E-state index in [4.69, 9.17) is 0 Å². The Morgan fingerprint density at radius 2 is 2.50 bits per heavy atom. The summed E-state index contributed by atoms with van der Waals surface area (Å²) in [7, 11) is 3.04. The molecule has 5 heteroatoms. The van der Waals surface area contributed by atoms with Crippen molar-refractivity contribution in [2.24, 2.45) is 0 Å². The van der Waals surface area contributed by atoms with E-state index < -0.39 is 0 Å². The Hall–Kier alpha value is 0.130. The van der Waals surface area contributed by atoms with E-state index in [2.05, 4.69) is 10.0 Å². The zero-order valence-electron chi connectivity index (χ0n) is 5.35. The van der Waals surface area contributed by atoms with Gasteiger partial charge in [0.2, 0.25) is 0 Å². The fraction of sp³-hybridized carbons (Fsp3) is 0.800. The van der Waals surface area contributed by atoms with Crippen LogP contribution in [0.2, 0.25) is 0 Å². The molecule has 56 valence electrons. The molecule has 2 N–H and O–H groups in total. The second-order valence-electron chi connectivity index (χ2n) is 2.46. The highest BCUT2D eigenvalue weighted by Crippen LogP contribution is 2.43. The van der Waals surface area contributed by atoms with E-state index in [-0.39, 0.29) is 10.8 Å². The summed E-state index contributed by atoms with van der Waals surface area (Å²) in [6.07, 6.45) is 2.08. The van der Waals surface area contributed by atoms with Crippen molar-refractivity contribution in [1.29, 1.82) is 0 Å². The normalized spacial score (nSPS) is 39.0. The summed E-state index contributed by atoms with van der Waals surface area (Å²) >= 11 is 0. The van der Waals surface area contributed by atoms with Crippen molar-refractivity contribution in [3.63, 3.8) is 0 Å². The zero-order chi connectivity index (χ0) is 7.03. The van der Waals surface area contributed by atoms with Crippen LogP contribution in [0.1, 0.15) is 12.8 Å². The first-order chi connectivity index (χ1) is 4.83. The SMILES string of the molecule is O=C1NSSC12CCCN2. The fourth-order valence-corrected chi connectivity index (χ4v) is 3.68. The van der Waals surface area contributed by atoms with E-state index >= 15 is 0 Å². The van der Waals surface area contributed by atoms with Crippen molar-refractivity contribution in [1.82, 2.24) is 10.0 Å². The van der Waals surface area contributed by atoms with Crippen LogP contribution in [0, 0.1) is 0 Å². The Balaban J connectivity index is 2.19. The Kier molecular flexibility index (Phi) is 1.58. The molecule has 0 bridgehead atoms. The third kappa shape index (κ3) is 0.844. The number of carbonyl (C=O) groups excluding carboxylic acids is 1. The summed E-state index contributed by atoms with van der Waals surface area (Å²) in [5.74, 6) is 0.139. The van der Waals surface area contributed by atoms with E-state index in [9.17, 15) is 4.79 Å². The minimum absolute atomic E-state index is 0.139. The van der Waals surface area contributed by atoms with Crippen LogP contribution in [-0.2, 0) is 4.79 Å². The second-order valence-corrected chi connectivity index (χ2v) is 4.69. The average molecular weight is 176 g/mol. The van der Waals surface area contributed by atoms with Crippen LogP contribution < -0.4 is 10.0 Å². The lowest BCUT2D eigenvalue weighted by Crippen LogP contribution is -2.44. The van der Waals surface area contributed by atoms with Crippen LogP contribution in [0.4, 0.5) is 0 Å². The van der Waals surface area contributed by atoms with Crippen molar-refractivity contribution in [2.45, 2.75) is 17.7 Å². The summed E-state index contributed by atoms with van der Waals surface area (Å²) in [6.45, 7) is 0.973. The molecule has 1 atom stereocenters. The summed E-state index contributed by atoms with van der Waals surface area (Å²) in [5.41, 5.74) is 0. The maximum Gasteiger partial charge on any atom is 0.262 e. The predicted octanol–water partition coefficient (Wildman–Crippen LogP) is 0.492. The number of hydrogen-bond acceptors (Lipinski definition) is 4. The summed E-state index contributed by atoms with van der Waals surface area (Å²) in [4.78, 5) is 10.9. The minimum Gasteiger partial charge on any atom is -0.294 e. The van der Waals surface area contributed by atoms with Crippen molar-refractivity contribution >= 4 is 27.7 Å². The molecule has 0 aromatic rings. The van der Waals surface area contributed by atoms with Gasteiger partial charge in [0.25, 0.3) is 5.91 Å². The molecule has 2 heterocycles. The van der Waals surface area contributed by atoms with E-state index in [1.165, 1.54) is 11.0 Å². The summed E-state index contributed by atoms with van der Waals surface area (Å²) in [6, 6.07) is 0. The first-order valence-corrected chi connectivity index (χ1v) is 5.39. The van der Waals surface area contributed by atoms with Crippen LogP contribution in [0.25, 0.3) is 0 Å². The Morgan fingerprint density at radius 3 is 3.00 bits per heavy atom. The van der Waals surface area contributed by atoms with E-state index in [0.717, 1.165) is 19.4 Å². The van der Waals surface area contributed by atoms with Gasteiger partial charge >= 0.3 is 0 Å². The molecule has 0 aromatic carbocycles. The van der Waals surface area contributed by atoms with Crippen molar-refractivity contribution in [2.75, 3.05) is 6.54 Å². The molecule has 2 aliphatic heterocycles. The minimum atomic E-state index is -0.273. The molecule has 2 saturated heterocycles. The van der Waals surface area contributed by atoms with Crippen LogP contribution in [0.3, 0.4) is 0 Å². The van der Waals surface area contributed by atoms with Crippen molar-refractivity contribution in [3.05, 3.63) is 0 Å². The molecule has 3 nitrogen and oxygen atoms in total. The van der Waals surface area contributed by atoms with Gasteiger partial charge in [-0.15, -0.1) is 0 Å². The third-order valence-corrected chi connectivity index (χ3v) is 4.33. The van der Waals surface area contributed by atoms with Crippen molar-refractivity contribution < 1.29 is 4.79 Å². The Bertz CT molecular complexity index is 162. The largest absolute Gasteiger partial charge is 0.294 e. The third-order valence-electron chi connectivity index (χ3n) is 1.80. The smallest absolute Gasteiger partial charge is 0.262 e. The molecule has 2 fully saturated rings. The Labute approximate surface area is 67.2 Å². The van der Waals surface area contributed by atoms with Gasteiger partial charge in [0.1, 0.15) is 0 Å². The standard InChI is InChI=1S/C5H8N2OS2/c8-4-5(9-10-7-4)2-1-3-6-5/h6H,1-3H2,(H,7,8). The summed E-state index contributed by atoms with van der Waals surface area (Å²) in [5, 5.41) is 3.21. The second kappa shape index (κ2) is 2.32. The first kappa shape index (κ1) is 6.82. The molecule has 10 heavy (non-hydrogen) atoms. The fourth-order valence-electron chi connectivity index (χ4n) is 1.23.